The molecule has 36 heavy (non-hydrogen) atoms. The Balaban J connectivity index is 1.60. The summed E-state index contributed by atoms with van der Waals surface area (Å²) < 4.78 is 33.8. The van der Waals surface area contributed by atoms with E-state index < -0.39 is 18.6 Å². The number of carbonyl (C=O) groups is 2. The first-order chi connectivity index (χ1) is 17.3. The van der Waals surface area contributed by atoms with Crippen LogP contribution in [0.15, 0.2) is 49.1 Å². The van der Waals surface area contributed by atoms with Crippen molar-refractivity contribution in [3.05, 3.63) is 59.6 Å². The van der Waals surface area contributed by atoms with Gasteiger partial charge in [-0.1, -0.05) is 11.6 Å². The van der Waals surface area contributed by atoms with E-state index in [2.05, 4.69) is 25.2 Å². The number of anilines is 1. The number of nitrogens with zero attached hydrogens (tertiary/aromatic N) is 6. The van der Waals surface area contributed by atoms with Crippen molar-refractivity contribution in [2.45, 2.75) is 25.5 Å². The highest BCUT2D eigenvalue weighted by molar-refractivity contribution is 6.31. The molecule has 0 aliphatic carbocycles. The minimum Gasteiger partial charge on any atom is -0.434 e. The molecule has 0 unspecified atom stereocenters. The zero-order valence-corrected chi connectivity index (χ0v) is 19.7. The first kappa shape index (κ1) is 23.7. The average molecular weight is 516 g/mol. The first-order valence-corrected chi connectivity index (χ1v) is 11.4. The zero-order valence-electron chi connectivity index (χ0n) is 18.9. The molecule has 4 aromatic rings. The summed E-state index contributed by atoms with van der Waals surface area (Å²) in [6, 6.07) is 5.16. The summed E-state index contributed by atoms with van der Waals surface area (Å²) in [6.45, 7) is -2.47. The van der Waals surface area contributed by atoms with Crippen molar-refractivity contribution in [1.29, 1.82) is 0 Å². The van der Waals surface area contributed by atoms with Gasteiger partial charge < -0.3 is 15.0 Å². The Morgan fingerprint density at radius 2 is 2.17 bits per heavy atom. The van der Waals surface area contributed by atoms with E-state index in [1.54, 1.807) is 24.2 Å². The third kappa shape index (κ3) is 4.47. The van der Waals surface area contributed by atoms with Gasteiger partial charge in [-0.3, -0.25) is 14.3 Å². The number of aromatic nitrogens is 5. The number of fused-ring (bicyclic) bond motifs is 1. The number of benzene rings is 1. The van der Waals surface area contributed by atoms with Crippen LogP contribution in [-0.2, 0) is 4.79 Å². The van der Waals surface area contributed by atoms with E-state index in [1.807, 2.05) is 0 Å². The number of rotatable bonds is 6. The second-order valence-electron chi connectivity index (χ2n) is 8.21. The highest BCUT2D eigenvalue weighted by atomic mass is 35.5. The summed E-state index contributed by atoms with van der Waals surface area (Å²) in [4.78, 5) is 31.8. The van der Waals surface area contributed by atoms with E-state index in [-0.39, 0.29) is 39.2 Å². The van der Waals surface area contributed by atoms with Crippen LogP contribution in [0.2, 0.25) is 5.02 Å². The molecule has 0 saturated carbocycles. The third-order valence-electron chi connectivity index (χ3n) is 5.87. The molecule has 1 fully saturated rings. The molecule has 1 aliphatic rings. The summed E-state index contributed by atoms with van der Waals surface area (Å²) in [5, 5.41) is 11.7. The number of piperidine rings is 1. The van der Waals surface area contributed by atoms with E-state index in [0.717, 1.165) is 6.42 Å². The van der Waals surface area contributed by atoms with E-state index in [4.69, 9.17) is 11.6 Å². The average Bonchev–Trinajstić information content (AvgIpc) is 3.46. The van der Waals surface area contributed by atoms with Crippen LogP contribution >= 0.6 is 11.6 Å². The van der Waals surface area contributed by atoms with E-state index in [0.29, 0.717) is 18.6 Å². The number of nitrogens with one attached hydrogen (secondary N) is 1. The molecule has 1 saturated heterocycles. The minimum absolute atomic E-state index is 0.118. The molecule has 2 amide bonds. The largest absolute Gasteiger partial charge is 0.434 e. The summed E-state index contributed by atoms with van der Waals surface area (Å²) in [6.07, 6.45) is 7.34. The van der Waals surface area contributed by atoms with E-state index in [9.17, 15) is 18.4 Å². The van der Waals surface area contributed by atoms with Crippen LogP contribution in [0.3, 0.4) is 0 Å². The lowest BCUT2D eigenvalue weighted by molar-refractivity contribution is -0.136. The maximum absolute atomic E-state index is 13.2. The van der Waals surface area contributed by atoms with Crippen molar-refractivity contribution < 1.29 is 23.1 Å². The summed E-state index contributed by atoms with van der Waals surface area (Å²) >= 11 is 6.16. The monoisotopic (exact) mass is 515 g/mol. The van der Waals surface area contributed by atoms with Gasteiger partial charge >= 0.3 is 6.61 Å². The summed E-state index contributed by atoms with van der Waals surface area (Å²) in [5.41, 5.74) is 0.950. The molecule has 5 rings (SSSR count). The molecule has 0 spiro atoms. The number of amides is 2. The first-order valence-electron chi connectivity index (χ1n) is 11.0. The number of hydrogen-bond donors (Lipinski definition) is 1. The van der Waals surface area contributed by atoms with Gasteiger partial charge in [0.05, 0.1) is 18.1 Å². The molecule has 1 N–H and O–H groups in total. The van der Waals surface area contributed by atoms with Gasteiger partial charge in [0.1, 0.15) is 23.0 Å². The summed E-state index contributed by atoms with van der Waals surface area (Å²) in [7, 11) is 1.70. The number of ether oxygens (including phenoxy) is 1. The van der Waals surface area contributed by atoms with Gasteiger partial charge in [-0.05, 0) is 37.1 Å². The normalized spacial score (nSPS) is 16.1. The van der Waals surface area contributed by atoms with Crippen LogP contribution in [0.25, 0.3) is 16.9 Å². The molecule has 4 heterocycles. The number of alkyl halides is 2. The van der Waals surface area contributed by atoms with Crippen molar-refractivity contribution in [1.82, 2.24) is 29.3 Å². The quantitative estimate of drug-likeness (QED) is 0.417. The van der Waals surface area contributed by atoms with Gasteiger partial charge in [-0.15, -0.1) is 0 Å². The van der Waals surface area contributed by atoms with Gasteiger partial charge in [-0.2, -0.15) is 19.0 Å². The SMILES string of the molecule is CN1CCC[C@H](n2cc(NC(=O)c3cnn4cccnc34)c(-c3cc(Cl)ccc3OC(F)F)n2)C1=O. The predicted octanol–water partition coefficient (Wildman–Crippen LogP) is 3.89. The molecular formula is C23H20ClF2N7O3. The molecular weight excluding hydrogens is 496 g/mol. The number of likely N-dealkylation sites (tertiary alicyclic amines) is 1. The van der Waals surface area contributed by atoms with Gasteiger partial charge in [0.2, 0.25) is 5.91 Å². The maximum Gasteiger partial charge on any atom is 0.387 e. The van der Waals surface area contributed by atoms with Gasteiger partial charge in [-0.25, -0.2) is 9.50 Å². The van der Waals surface area contributed by atoms with Gasteiger partial charge in [0, 0.05) is 36.6 Å². The highest BCUT2D eigenvalue weighted by Gasteiger charge is 2.31. The Morgan fingerprint density at radius 1 is 1.33 bits per heavy atom. The molecule has 0 bridgehead atoms. The molecule has 10 nitrogen and oxygen atoms in total. The number of carbonyl (C=O) groups excluding carboxylic acids is 2. The number of halogens is 3. The van der Waals surface area contributed by atoms with Gasteiger partial charge in [0.15, 0.2) is 5.65 Å². The fourth-order valence-electron chi connectivity index (χ4n) is 4.16. The van der Waals surface area contributed by atoms with Crippen molar-refractivity contribution >= 4 is 34.7 Å². The zero-order chi connectivity index (χ0) is 25.4. The lowest BCUT2D eigenvalue weighted by Crippen LogP contribution is -2.39. The molecule has 1 aromatic carbocycles. The fourth-order valence-corrected chi connectivity index (χ4v) is 4.33. The maximum atomic E-state index is 13.2. The number of likely N-dealkylation sites (N-methyl/N-ethyl adjacent to an activating group) is 1. The van der Waals surface area contributed by atoms with Crippen LogP contribution in [0.1, 0.15) is 29.2 Å². The van der Waals surface area contributed by atoms with Gasteiger partial charge in [0.25, 0.3) is 5.91 Å². The Kier molecular flexibility index (Phi) is 6.27. The smallest absolute Gasteiger partial charge is 0.387 e. The Morgan fingerprint density at radius 3 is 2.97 bits per heavy atom. The molecule has 1 atom stereocenters. The second-order valence-corrected chi connectivity index (χ2v) is 8.64. The Bertz CT molecular complexity index is 1450. The number of hydrogen-bond acceptors (Lipinski definition) is 6. The van der Waals surface area contributed by atoms with Crippen molar-refractivity contribution in [3.63, 3.8) is 0 Å². The van der Waals surface area contributed by atoms with Crippen LogP contribution in [-0.4, -0.2) is 61.3 Å². The second kappa shape index (κ2) is 9.53. The molecule has 13 heteroatoms. The van der Waals surface area contributed by atoms with E-state index in [1.165, 1.54) is 46.0 Å². The molecule has 1 aliphatic heterocycles. The lowest BCUT2D eigenvalue weighted by Gasteiger charge is -2.29. The van der Waals surface area contributed by atoms with Crippen LogP contribution in [0.5, 0.6) is 5.75 Å². The van der Waals surface area contributed by atoms with Crippen molar-refractivity contribution in [3.8, 4) is 17.0 Å². The minimum atomic E-state index is -3.09. The van der Waals surface area contributed by atoms with Crippen molar-refractivity contribution in [2.75, 3.05) is 18.9 Å². The highest BCUT2D eigenvalue weighted by Crippen LogP contribution is 2.38. The summed E-state index contributed by atoms with van der Waals surface area (Å²) in [5.74, 6) is -0.870. The van der Waals surface area contributed by atoms with E-state index >= 15 is 0 Å². The topological polar surface area (TPSA) is 107 Å². The predicted molar refractivity (Wildman–Crippen MR) is 126 cm³/mol. The molecule has 186 valence electrons. The Labute approximate surface area is 208 Å². The lowest BCUT2D eigenvalue weighted by atomic mass is 10.1. The van der Waals surface area contributed by atoms with Crippen LogP contribution < -0.4 is 10.1 Å². The Hall–Kier alpha value is -4.06. The molecule has 3 aromatic heterocycles. The van der Waals surface area contributed by atoms with Crippen LogP contribution in [0.4, 0.5) is 14.5 Å². The van der Waals surface area contributed by atoms with Crippen LogP contribution in [0, 0.1) is 0 Å². The third-order valence-corrected chi connectivity index (χ3v) is 6.10. The fraction of sp³-hybridized carbons (Fsp3) is 0.261. The van der Waals surface area contributed by atoms with Crippen molar-refractivity contribution in [2.24, 2.45) is 0 Å². The molecule has 0 radical (unpaired) electrons. The standard InChI is InChI=1S/C23H20ClF2N7O3/c1-31-8-2-4-17(22(31)35)33-12-16(29-21(34)15-11-28-32-9-3-7-27-20(15)32)19(30-33)14-10-13(24)5-6-18(14)36-23(25)26/h3,5-7,9-12,17,23H,2,4,8H2,1H3,(H,29,34)/t17-/m0/s1.